The van der Waals surface area contributed by atoms with Crippen LogP contribution in [0.5, 0.6) is 0 Å². The minimum atomic E-state index is -1.29. The molecule has 2 N–H and O–H groups in total. The standard InChI is InChI=1S/C9H14FN3/c1-9(10)5-3-4-6-7(9)8(11)12-13(6)2/h3-5H2,1-2H3,(H2,11,12). The quantitative estimate of drug-likeness (QED) is 0.662. The zero-order valence-electron chi connectivity index (χ0n) is 7.97. The van der Waals surface area contributed by atoms with Gasteiger partial charge in [-0.25, -0.2) is 4.39 Å². The van der Waals surface area contributed by atoms with Crippen LogP contribution in [0.25, 0.3) is 0 Å². The van der Waals surface area contributed by atoms with Gasteiger partial charge in [-0.1, -0.05) is 0 Å². The second-order valence-corrected chi connectivity index (χ2v) is 3.88. The smallest absolute Gasteiger partial charge is 0.152 e. The largest absolute Gasteiger partial charge is 0.382 e. The highest BCUT2D eigenvalue weighted by Gasteiger charge is 2.36. The molecule has 0 saturated heterocycles. The molecule has 1 aromatic rings. The van der Waals surface area contributed by atoms with Crippen molar-refractivity contribution in [3.63, 3.8) is 0 Å². The normalized spacial score (nSPS) is 27.3. The third-order valence-corrected chi connectivity index (χ3v) is 2.77. The van der Waals surface area contributed by atoms with Gasteiger partial charge >= 0.3 is 0 Å². The van der Waals surface area contributed by atoms with Crippen LogP contribution in [0, 0.1) is 0 Å². The topological polar surface area (TPSA) is 43.8 Å². The van der Waals surface area contributed by atoms with Crippen molar-refractivity contribution in [3.05, 3.63) is 11.3 Å². The first kappa shape index (κ1) is 8.53. The molecule has 13 heavy (non-hydrogen) atoms. The summed E-state index contributed by atoms with van der Waals surface area (Å²) in [5.41, 5.74) is 5.94. The Morgan fingerprint density at radius 2 is 2.31 bits per heavy atom. The van der Waals surface area contributed by atoms with E-state index in [0.717, 1.165) is 18.5 Å². The number of hydrogen-bond acceptors (Lipinski definition) is 2. The van der Waals surface area contributed by atoms with Gasteiger partial charge in [0.1, 0.15) is 5.67 Å². The zero-order chi connectivity index (χ0) is 9.64. The lowest BCUT2D eigenvalue weighted by atomic mass is 9.85. The Hall–Kier alpha value is -1.06. The summed E-state index contributed by atoms with van der Waals surface area (Å²) in [5.74, 6) is 0.349. The monoisotopic (exact) mass is 183 g/mol. The van der Waals surface area contributed by atoms with Crippen molar-refractivity contribution in [2.24, 2.45) is 7.05 Å². The number of rotatable bonds is 0. The van der Waals surface area contributed by atoms with Crippen LogP contribution < -0.4 is 5.73 Å². The first-order valence-corrected chi connectivity index (χ1v) is 4.53. The fourth-order valence-corrected chi connectivity index (χ4v) is 2.15. The molecule has 0 amide bonds. The number of fused-ring (bicyclic) bond motifs is 1. The molecule has 0 radical (unpaired) electrons. The molecule has 1 aliphatic rings. The van der Waals surface area contributed by atoms with E-state index in [0.29, 0.717) is 17.8 Å². The molecule has 4 heteroatoms. The van der Waals surface area contributed by atoms with E-state index in [4.69, 9.17) is 5.73 Å². The van der Waals surface area contributed by atoms with Gasteiger partial charge in [0.05, 0.1) is 5.56 Å². The zero-order valence-corrected chi connectivity index (χ0v) is 7.97. The van der Waals surface area contributed by atoms with Crippen LogP contribution in [0.2, 0.25) is 0 Å². The van der Waals surface area contributed by atoms with Gasteiger partial charge in [-0.3, -0.25) is 4.68 Å². The molecule has 1 atom stereocenters. The van der Waals surface area contributed by atoms with Crippen LogP contribution >= 0.6 is 0 Å². The summed E-state index contributed by atoms with van der Waals surface area (Å²) < 4.78 is 15.7. The fraction of sp³-hybridized carbons (Fsp3) is 0.667. The summed E-state index contributed by atoms with van der Waals surface area (Å²) in [6, 6.07) is 0. The lowest BCUT2D eigenvalue weighted by molar-refractivity contribution is 0.162. The third-order valence-electron chi connectivity index (χ3n) is 2.77. The molecule has 1 aliphatic carbocycles. The first-order chi connectivity index (χ1) is 6.02. The lowest BCUT2D eigenvalue weighted by Gasteiger charge is -2.26. The van der Waals surface area contributed by atoms with Crippen molar-refractivity contribution >= 4 is 5.82 Å². The van der Waals surface area contributed by atoms with E-state index in [1.807, 2.05) is 7.05 Å². The Bertz CT molecular complexity index is 341. The van der Waals surface area contributed by atoms with Crippen LogP contribution in [-0.4, -0.2) is 9.78 Å². The first-order valence-electron chi connectivity index (χ1n) is 4.53. The minimum Gasteiger partial charge on any atom is -0.382 e. The molecule has 1 aromatic heterocycles. The van der Waals surface area contributed by atoms with E-state index in [1.165, 1.54) is 0 Å². The van der Waals surface area contributed by atoms with E-state index < -0.39 is 5.67 Å². The van der Waals surface area contributed by atoms with E-state index in [1.54, 1.807) is 11.6 Å². The number of aryl methyl sites for hydroxylation is 1. The van der Waals surface area contributed by atoms with Crippen molar-refractivity contribution in [3.8, 4) is 0 Å². The average Bonchev–Trinajstić information content (AvgIpc) is 2.27. The molecule has 0 aliphatic heterocycles. The van der Waals surface area contributed by atoms with Gasteiger partial charge in [0, 0.05) is 12.7 Å². The van der Waals surface area contributed by atoms with Crippen molar-refractivity contribution in [1.29, 1.82) is 0 Å². The van der Waals surface area contributed by atoms with Crippen molar-refractivity contribution in [2.75, 3.05) is 5.73 Å². The Kier molecular flexibility index (Phi) is 1.62. The number of nitrogens with zero attached hydrogens (tertiary/aromatic N) is 2. The summed E-state index contributed by atoms with van der Waals surface area (Å²) >= 11 is 0. The van der Waals surface area contributed by atoms with Gasteiger partial charge in [-0.05, 0) is 26.2 Å². The van der Waals surface area contributed by atoms with Crippen molar-refractivity contribution in [1.82, 2.24) is 9.78 Å². The summed E-state index contributed by atoms with van der Waals surface area (Å²) in [7, 11) is 1.82. The molecule has 72 valence electrons. The Morgan fingerprint density at radius 1 is 1.62 bits per heavy atom. The van der Waals surface area contributed by atoms with Gasteiger partial charge < -0.3 is 5.73 Å². The summed E-state index contributed by atoms with van der Waals surface area (Å²) in [5, 5.41) is 4.04. The highest BCUT2D eigenvalue weighted by molar-refractivity contribution is 5.47. The molecule has 3 nitrogen and oxygen atoms in total. The number of nitrogens with two attached hydrogens (primary N) is 1. The molecule has 0 fully saturated rings. The average molecular weight is 183 g/mol. The van der Waals surface area contributed by atoms with Gasteiger partial charge in [0.25, 0.3) is 0 Å². The molecule has 0 aromatic carbocycles. The van der Waals surface area contributed by atoms with Gasteiger partial charge in [0.2, 0.25) is 0 Å². The number of halogens is 1. The summed E-state index contributed by atoms with van der Waals surface area (Å²) in [6.07, 6.45) is 2.31. The molecular weight excluding hydrogens is 169 g/mol. The van der Waals surface area contributed by atoms with Gasteiger partial charge in [0.15, 0.2) is 5.82 Å². The Balaban J connectivity index is 2.62. The second kappa shape index (κ2) is 2.47. The van der Waals surface area contributed by atoms with E-state index in [-0.39, 0.29) is 0 Å². The van der Waals surface area contributed by atoms with E-state index >= 15 is 0 Å². The molecule has 2 rings (SSSR count). The van der Waals surface area contributed by atoms with Crippen molar-refractivity contribution < 1.29 is 4.39 Å². The molecule has 0 bridgehead atoms. The number of hydrogen-bond donors (Lipinski definition) is 1. The second-order valence-electron chi connectivity index (χ2n) is 3.88. The Morgan fingerprint density at radius 3 is 2.92 bits per heavy atom. The van der Waals surface area contributed by atoms with Crippen LogP contribution in [0.3, 0.4) is 0 Å². The Labute approximate surface area is 76.7 Å². The highest BCUT2D eigenvalue weighted by Crippen LogP contribution is 2.40. The minimum absolute atomic E-state index is 0.349. The summed E-state index contributed by atoms with van der Waals surface area (Å²) in [4.78, 5) is 0. The fourth-order valence-electron chi connectivity index (χ4n) is 2.15. The van der Waals surface area contributed by atoms with Crippen LogP contribution in [0.1, 0.15) is 31.0 Å². The summed E-state index contributed by atoms with van der Waals surface area (Å²) in [6.45, 7) is 1.59. The maximum absolute atomic E-state index is 14.0. The number of nitrogen functional groups attached to an aromatic ring is 1. The number of anilines is 1. The van der Waals surface area contributed by atoms with Gasteiger partial charge in [-0.15, -0.1) is 0 Å². The van der Waals surface area contributed by atoms with Crippen LogP contribution in [-0.2, 0) is 19.1 Å². The SMILES string of the molecule is Cn1nc(N)c2c1CCCC2(C)F. The molecular formula is C9H14FN3. The predicted octanol–water partition coefficient (Wildman–Crippen LogP) is 1.52. The van der Waals surface area contributed by atoms with Crippen LogP contribution in [0.15, 0.2) is 0 Å². The molecule has 1 unspecified atom stereocenters. The predicted molar refractivity (Wildman–Crippen MR) is 49.0 cm³/mol. The molecule has 1 heterocycles. The number of alkyl halides is 1. The van der Waals surface area contributed by atoms with Crippen LogP contribution in [0.4, 0.5) is 10.2 Å². The maximum Gasteiger partial charge on any atom is 0.152 e. The van der Waals surface area contributed by atoms with E-state index in [9.17, 15) is 4.39 Å². The maximum atomic E-state index is 14.0. The van der Waals surface area contributed by atoms with Gasteiger partial charge in [-0.2, -0.15) is 5.10 Å². The molecule has 0 spiro atoms. The van der Waals surface area contributed by atoms with E-state index in [2.05, 4.69) is 5.10 Å². The third kappa shape index (κ3) is 1.12. The highest BCUT2D eigenvalue weighted by atomic mass is 19.1. The number of aromatic nitrogens is 2. The van der Waals surface area contributed by atoms with Crippen molar-refractivity contribution in [2.45, 2.75) is 31.9 Å². The lowest BCUT2D eigenvalue weighted by Crippen LogP contribution is -2.23. The molecule has 0 saturated carbocycles.